The molecule has 0 unspecified atom stereocenters. The van der Waals surface area contributed by atoms with Crippen molar-refractivity contribution in [2.45, 2.75) is 18.4 Å². The molecule has 2 saturated heterocycles. The molecule has 0 radical (unpaired) electrons. The zero-order valence-corrected chi connectivity index (χ0v) is 28.0. The maximum Gasteiger partial charge on any atom is 0.351 e. The largest absolute Gasteiger partial charge is 0.491 e. The molecule has 250 valence electrons. The quantitative estimate of drug-likeness (QED) is 0.228. The monoisotopic (exact) mass is 691 g/mol. The van der Waals surface area contributed by atoms with Crippen molar-refractivity contribution in [2.75, 3.05) is 49.2 Å². The number of aromatic nitrogens is 5. The maximum atomic E-state index is 12.5. The Morgan fingerprint density at radius 2 is 1.46 bits per heavy atom. The lowest BCUT2D eigenvalue weighted by Crippen LogP contribution is -2.46. The molecule has 2 aromatic heterocycles. The molecule has 48 heavy (non-hydrogen) atoms. The minimum Gasteiger partial charge on any atom is -0.491 e. The van der Waals surface area contributed by atoms with Gasteiger partial charge in [-0.25, -0.2) is 28.5 Å². The lowest BCUT2D eigenvalue weighted by molar-refractivity contribution is -0.189. The number of nitrogens with zero attached hydrogens (tertiary/aromatic N) is 7. The maximum absolute atomic E-state index is 12.5. The van der Waals surface area contributed by atoms with Crippen LogP contribution in [-0.2, 0) is 35.9 Å². The average Bonchev–Trinajstić information content (AvgIpc) is 3.81. The highest BCUT2D eigenvalue weighted by Crippen LogP contribution is 2.40. The van der Waals surface area contributed by atoms with Gasteiger partial charge in [-0.05, 0) is 60.7 Å². The van der Waals surface area contributed by atoms with Crippen LogP contribution in [0.1, 0.15) is 5.56 Å². The van der Waals surface area contributed by atoms with Gasteiger partial charge in [0.2, 0.25) is 5.79 Å². The summed E-state index contributed by atoms with van der Waals surface area (Å²) in [5.41, 5.74) is 2.68. The second-order valence-electron chi connectivity index (χ2n) is 11.9. The molecule has 0 aliphatic carbocycles. The van der Waals surface area contributed by atoms with Gasteiger partial charge in [-0.15, -0.1) is 0 Å². The molecule has 3 aromatic carbocycles. The third kappa shape index (κ3) is 6.24. The molecule has 0 bridgehead atoms. The lowest BCUT2D eigenvalue weighted by atomic mass is 10.1. The SMILES string of the molecule is Cn1c(=O)n(-c2ccc(N3CCN(c4ccc(OC[C@@H]5CO[C@@](Cn6ccnc6)(c6ccc(Cl)cc6Cl)O5)cc4)CC3)cc2)c(=O)n1C. The molecule has 12 nitrogen and oxygen atoms in total. The minimum absolute atomic E-state index is 0.307. The molecule has 7 rings (SSSR count). The van der Waals surface area contributed by atoms with Gasteiger partial charge < -0.3 is 28.6 Å². The van der Waals surface area contributed by atoms with Crippen LogP contribution >= 0.6 is 23.2 Å². The molecule has 2 aliphatic heterocycles. The minimum atomic E-state index is -1.11. The zero-order valence-electron chi connectivity index (χ0n) is 26.5. The Kier molecular flexibility index (Phi) is 8.82. The van der Waals surface area contributed by atoms with Gasteiger partial charge in [0.1, 0.15) is 18.5 Å². The Morgan fingerprint density at radius 1 is 0.854 bits per heavy atom. The normalized spacial score (nSPS) is 19.6. The first kappa shape index (κ1) is 32.1. The topological polar surface area (TPSA) is 101 Å². The van der Waals surface area contributed by atoms with Crippen LogP contribution in [0.5, 0.6) is 5.75 Å². The third-order valence-corrected chi connectivity index (χ3v) is 9.48. The first-order chi connectivity index (χ1) is 23.2. The third-order valence-electron chi connectivity index (χ3n) is 8.93. The highest BCUT2D eigenvalue weighted by molar-refractivity contribution is 6.35. The lowest BCUT2D eigenvalue weighted by Gasteiger charge is -2.37. The molecule has 14 heteroatoms. The molecular weight excluding hydrogens is 657 g/mol. The first-order valence-electron chi connectivity index (χ1n) is 15.6. The molecule has 2 atom stereocenters. The second-order valence-corrected chi connectivity index (χ2v) is 12.7. The van der Waals surface area contributed by atoms with E-state index in [4.69, 9.17) is 37.4 Å². The predicted molar refractivity (Wildman–Crippen MR) is 184 cm³/mol. The van der Waals surface area contributed by atoms with Crippen molar-refractivity contribution < 1.29 is 14.2 Å². The smallest absolute Gasteiger partial charge is 0.351 e. The number of piperazine rings is 1. The highest BCUT2D eigenvalue weighted by Gasteiger charge is 2.45. The van der Waals surface area contributed by atoms with Crippen LogP contribution in [-0.4, -0.2) is 69.0 Å². The van der Waals surface area contributed by atoms with Crippen molar-refractivity contribution >= 4 is 34.6 Å². The summed E-state index contributed by atoms with van der Waals surface area (Å²) in [6.45, 7) is 4.38. The van der Waals surface area contributed by atoms with Crippen molar-refractivity contribution in [3.63, 3.8) is 0 Å². The van der Waals surface area contributed by atoms with Crippen molar-refractivity contribution in [3.05, 3.63) is 122 Å². The van der Waals surface area contributed by atoms with Crippen LogP contribution in [0.2, 0.25) is 10.0 Å². The van der Waals surface area contributed by atoms with Gasteiger partial charge in [-0.3, -0.25) is 0 Å². The highest BCUT2D eigenvalue weighted by atomic mass is 35.5. The van der Waals surface area contributed by atoms with E-state index in [0.717, 1.165) is 43.3 Å². The van der Waals surface area contributed by atoms with Gasteiger partial charge in [-0.2, -0.15) is 0 Å². The number of halogens is 2. The van der Waals surface area contributed by atoms with Crippen LogP contribution in [0.25, 0.3) is 5.69 Å². The van der Waals surface area contributed by atoms with Crippen molar-refractivity contribution in [1.82, 2.24) is 23.5 Å². The molecule has 0 spiro atoms. The molecule has 5 aromatic rings. The fraction of sp³-hybridized carbons (Fsp3) is 0.324. The summed E-state index contributed by atoms with van der Waals surface area (Å²) in [7, 11) is 3.15. The Labute approximate surface area is 286 Å². The van der Waals surface area contributed by atoms with Gasteiger partial charge in [-0.1, -0.05) is 29.3 Å². The average molecular weight is 693 g/mol. The molecule has 0 N–H and O–H groups in total. The summed E-state index contributed by atoms with van der Waals surface area (Å²) in [5, 5.41) is 1.00. The van der Waals surface area contributed by atoms with Crippen molar-refractivity contribution in [1.29, 1.82) is 0 Å². The number of rotatable bonds is 9. The van der Waals surface area contributed by atoms with Crippen LogP contribution < -0.4 is 25.9 Å². The molecule has 0 saturated carbocycles. The summed E-state index contributed by atoms with van der Waals surface area (Å²) in [6.07, 6.45) is 4.95. The van der Waals surface area contributed by atoms with Crippen LogP contribution in [0, 0.1) is 0 Å². The van der Waals surface area contributed by atoms with E-state index in [9.17, 15) is 9.59 Å². The predicted octanol–water partition coefficient (Wildman–Crippen LogP) is 4.05. The summed E-state index contributed by atoms with van der Waals surface area (Å²) in [6, 6.07) is 20.9. The van der Waals surface area contributed by atoms with E-state index >= 15 is 0 Å². The number of imidazole rings is 1. The summed E-state index contributed by atoms with van der Waals surface area (Å²) >= 11 is 12.8. The Balaban J connectivity index is 0.939. The number of ether oxygens (including phenoxy) is 3. The fourth-order valence-corrected chi connectivity index (χ4v) is 6.75. The number of anilines is 2. The van der Waals surface area contributed by atoms with E-state index < -0.39 is 5.79 Å². The molecule has 2 aliphatic rings. The Bertz CT molecular complexity index is 1970. The number of hydrogen-bond acceptors (Lipinski definition) is 8. The molecule has 4 heterocycles. The summed E-state index contributed by atoms with van der Waals surface area (Å²) in [5.74, 6) is -0.366. The van der Waals surface area contributed by atoms with Gasteiger partial charge in [0.25, 0.3) is 0 Å². The molecular formula is C34H35Cl2N7O5. The summed E-state index contributed by atoms with van der Waals surface area (Å²) in [4.78, 5) is 33.8. The molecule has 0 amide bonds. The van der Waals surface area contributed by atoms with Crippen molar-refractivity contribution in [2.24, 2.45) is 14.1 Å². The number of hydrogen-bond donors (Lipinski definition) is 0. The fourth-order valence-electron chi connectivity index (χ4n) is 6.20. The van der Waals surface area contributed by atoms with Gasteiger partial charge >= 0.3 is 11.4 Å². The Morgan fingerprint density at radius 3 is 2.04 bits per heavy atom. The van der Waals surface area contributed by atoms with Gasteiger partial charge in [0, 0.05) is 74.6 Å². The standard InChI is InChI=1S/C34H35Cl2N7O5/c1-38-32(44)43(33(45)39(38)2)27-6-4-25(5-7-27)41-15-17-42(18-16-41)26-8-10-28(11-9-26)46-20-29-21-47-34(48-29,22-40-14-13-37-23-40)30-12-3-24(35)19-31(30)36/h3-14,19,23,29H,15-18,20-22H2,1-2H3/t29-,34-/m1/s1. The Hall–Kier alpha value is -4.49. The summed E-state index contributed by atoms with van der Waals surface area (Å²) < 4.78 is 24.6. The van der Waals surface area contributed by atoms with E-state index in [-0.39, 0.29) is 17.5 Å². The number of benzene rings is 3. The van der Waals surface area contributed by atoms with E-state index in [1.54, 1.807) is 38.8 Å². The first-order valence-corrected chi connectivity index (χ1v) is 16.4. The molecule has 2 fully saturated rings. The van der Waals surface area contributed by atoms with Gasteiger partial charge in [0.05, 0.1) is 30.2 Å². The van der Waals surface area contributed by atoms with E-state index in [1.165, 1.54) is 13.9 Å². The van der Waals surface area contributed by atoms with Gasteiger partial charge in [0.15, 0.2) is 0 Å². The second kappa shape index (κ2) is 13.2. The van der Waals surface area contributed by atoms with Crippen LogP contribution in [0.4, 0.5) is 11.4 Å². The van der Waals surface area contributed by atoms with Crippen LogP contribution in [0.3, 0.4) is 0 Å². The van der Waals surface area contributed by atoms with E-state index in [0.29, 0.717) is 41.1 Å². The van der Waals surface area contributed by atoms with E-state index in [1.807, 2.05) is 53.2 Å². The van der Waals surface area contributed by atoms with Crippen LogP contribution in [0.15, 0.2) is 95.0 Å². The zero-order chi connectivity index (χ0) is 33.4. The van der Waals surface area contributed by atoms with E-state index in [2.05, 4.69) is 26.9 Å². The van der Waals surface area contributed by atoms with Crippen molar-refractivity contribution in [3.8, 4) is 11.4 Å².